The van der Waals surface area contributed by atoms with Gasteiger partial charge in [0.1, 0.15) is 0 Å². The maximum absolute atomic E-state index is 11.7. The Morgan fingerprint density at radius 2 is 2.11 bits per heavy atom. The number of halogens is 1. The fourth-order valence-electron chi connectivity index (χ4n) is 1.33. The topological polar surface area (TPSA) is 83.5 Å². The zero-order valence-corrected chi connectivity index (χ0v) is 11.4. The monoisotopic (exact) mass is 291 g/mol. The quantitative estimate of drug-likeness (QED) is 0.842. The van der Waals surface area contributed by atoms with Crippen molar-refractivity contribution < 1.29 is 18.3 Å². The van der Waals surface area contributed by atoms with Gasteiger partial charge in [-0.25, -0.2) is 8.42 Å². The van der Waals surface area contributed by atoms with E-state index in [9.17, 15) is 13.2 Å². The summed E-state index contributed by atoms with van der Waals surface area (Å²) in [6, 6.07) is 4.96. The predicted octanol–water partition coefficient (Wildman–Crippen LogP) is 2.25. The summed E-state index contributed by atoms with van der Waals surface area (Å²) in [7, 11) is -3.56. The highest BCUT2D eigenvalue weighted by atomic mass is 35.5. The van der Waals surface area contributed by atoms with Crippen LogP contribution >= 0.6 is 11.6 Å². The minimum Gasteiger partial charge on any atom is -0.481 e. The highest BCUT2D eigenvalue weighted by Crippen LogP contribution is 2.23. The van der Waals surface area contributed by atoms with Crippen LogP contribution in [0.25, 0.3) is 0 Å². The molecule has 1 aromatic carbocycles. The second-order valence-electron chi connectivity index (χ2n) is 3.90. The van der Waals surface area contributed by atoms with E-state index >= 15 is 0 Å². The molecule has 0 amide bonds. The molecule has 0 aliphatic heterocycles. The number of benzene rings is 1. The van der Waals surface area contributed by atoms with Crippen LogP contribution < -0.4 is 4.72 Å². The number of carboxylic acid groups (broad SMARTS) is 1. The number of anilines is 1. The second kappa shape index (κ2) is 6.06. The van der Waals surface area contributed by atoms with E-state index in [-0.39, 0.29) is 18.6 Å². The molecule has 1 rings (SSSR count). The normalized spacial score (nSPS) is 11.2. The minimum atomic E-state index is -3.56. The van der Waals surface area contributed by atoms with Crippen LogP contribution in [0.15, 0.2) is 18.2 Å². The molecule has 100 valence electrons. The number of hydrogen-bond acceptors (Lipinski definition) is 3. The molecule has 0 saturated heterocycles. The largest absolute Gasteiger partial charge is 0.481 e. The Labute approximate surface area is 111 Å². The molecule has 2 N–H and O–H groups in total. The van der Waals surface area contributed by atoms with Crippen molar-refractivity contribution in [1.82, 2.24) is 0 Å². The number of aliphatic carboxylic acids is 1. The highest BCUT2D eigenvalue weighted by molar-refractivity contribution is 7.92. The van der Waals surface area contributed by atoms with E-state index in [0.29, 0.717) is 10.7 Å². The molecule has 0 radical (unpaired) electrons. The lowest BCUT2D eigenvalue weighted by Crippen LogP contribution is -2.17. The third-order valence-corrected chi connectivity index (χ3v) is 3.86. The summed E-state index contributed by atoms with van der Waals surface area (Å²) in [6.45, 7) is 1.84. The van der Waals surface area contributed by atoms with Crippen molar-refractivity contribution in [3.63, 3.8) is 0 Å². The summed E-state index contributed by atoms with van der Waals surface area (Å²) in [5.74, 6) is -1.26. The number of rotatable bonds is 6. The summed E-state index contributed by atoms with van der Waals surface area (Å²) in [4.78, 5) is 10.3. The maximum Gasteiger partial charge on any atom is 0.303 e. The van der Waals surface area contributed by atoms with Gasteiger partial charge in [0.05, 0.1) is 16.5 Å². The lowest BCUT2D eigenvalue weighted by molar-refractivity contribution is -0.137. The summed E-state index contributed by atoms with van der Waals surface area (Å²) in [5.41, 5.74) is 1.23. The Kier molecular flexibility index (Phi) is 4.98. The first-order valence-corrected chi connectivity index (χ1v) is 7.31. The van der Waals surface area contributed by atoms with E-state index in [4.69, 9.17) is 16.7 Å². The molecule has 0 saturated carbocycles. The molecule has 0 aromatic heterocycles. The Balaban J connectivity index is 2.67. The molecule has 0 aliphatic carbocycles. The maximum atomic E-state index is 11.7. The van der Waals surface area contributed by atoms with Crippen LogP contribution in [0, 0.1) is 6.92 Å². The van der Waals surface area contributed by atoms with Gasteiger partial charge in [-0.3, -0.25) is 9.52 Å². The lowest BCUT2D eigenvalue weighted by atomic mass is 10.2. The predicted molar refractivity (Wildman–Crippen MR) is 70.5 cm³/mol. The summed E-state index contributed by atoms with van der Waals surface area (Å²) in [5, 5.41) is 8.75. The fourth-order valence-corrected chi connectivity index (χ4v) is 2.81. The van der Waals surface area contributed by atoms with Crippen molar-refractivity contribution in [3.05, 3.63) is 28.8 Å². The van der Waals surface area contributed by atoms with Crippen molar-refractivity contribution in [3.8, 4) is 0 Å². The summed E-state index contributed by atoms with van der Waals surface area (Å²) < 4.78 is 25.6. The Bertz CT molecular complexity index is 542. The molecule has 0 fully saturated rings. The van der Waals surface area contributed by atoms with Crippen LogP contribution in [-0.2, 0) is 14.8 Å². The Morgan fingerprint density at radius 3 is 2.67 bits per heavy atom. The van der Waals surface area contributed by atoms with Crippen LogP contribution in [0.3, 0.4) is 0 Å². The fraction of sp³-hybridized carbons (Fsp3) is 0.364. The van der Waals surface area contributed by atoms with Crippen molar-refractivity contribution in [2.75, 3.05) is 10.5 Å². The average Bonchev–Trinajstić information content (AvgIpc) is 2.21. The highest BCUT2D eigenvalue weighted by Gasteiger charge is 2.13. The molecular formula is C11H14ClNO4S. The van der Waals surface area contributed by atoms with Crippen LogP contribution in [-0.4, -0.2) is 25.2 Å². The molecule has 0 spiro atoms. The molecule has 0 atom stereocenters. The molecule has 0 heterocycles. The molecule has 18 heavy (non-hydrogen) atoms. The average molecular weight is 292 g/mol. The van der Waals surface area contributed by atoms with E-state index in [1.54, 1.807) is 18.2 Å². The third-order valence-electron chi connectivity index (χ3n) is 2.19. The van der Waals surface area contributed by atoms with Crippen LogP contribution in [0.4, 0.5) is 5.69 Å². The van der Waals surface area contributed by atoms with Crippen molar-refractivity contribution in [1.29, 1.82) is 0 Å². The van der Waals surface area contributed by atoms with Gasteiger partial charge < -0.3 is 5.11 Å². The molecule has 1 aromatic rings. The molecule has 0 bridgehead atoms. The van der Waals surface area contributed by atoms with E-state index in [1.165, 1.54) is 0 Å². The Hall–Kier alpha value is -1.27. The Morgan fingerprint density at radius 1 is 1.44 bits per heavy atom. The van der Waals surface area contributed by atoms with Crippen molar-refractivity contribution >= 4 is 33.3 Å². The SMILES string of the molecule is Cc1ccc(NS(=O)(=O)CCCC(=O)O)c(Cl)c1. The molecule has 7 heteroatoms. The van der Waals surface area contributed by atoms with Gasteiger partial charge in [0.15, 0.2) is 0 Å². The van der Waals surface area contributed by atoms with Crippen LogP contribution in [0.5, 0.6) is 0 Å². The standard InChI is InChI=1S/C11H14ClNO4S/c1-8-4-5-10(9(12)7-8)13-18(16,17)6-2-3-11(14)15/h4-5,7,13H,2-3,6H2,1H3,(H,14,15). The third kappa shape index (κ3) is 4.93. The number of hydrogen-bond donors (Lipinski definition) is 2. The smallest absolute Gasteiger partial charge is 0.303 e. The second-order valence-corrected chi connectivity index (χ2v) is 6.15. The number of carbonyl (C=O) groups is 1. The van der Waals surface area contributed by atoms with Gasteiger partial charge in [-0.15, -0.1) is 0 Å². The van der Waals surface area contributed by atoms with Gasteiger partial charge >= 0.3 is 5.97 Å². The van der Waals surface area contributed by atoms with E-state index in [0.717, 1.165) is 5.56 Å². The molecule has 0 unspecified atom stereocenters. The lowest BCUT2D eigenvalue weighted by Gasteiger charge is -2.09. The van der Waals surface area contributed by atoms with Gasteiger partial charge in [0.25, 0.3) is 0 Å². The van der Waals surface area contributed by atoms with Gasteiger partial charge in [0, 0.05) is 6.42 Å². The van der Waals surface area contributed by atoms with Crippen LogP contribution in [0.2, 0.25) is 5.02 Å². The number of carboxylic acids is 1. The van der Waals surface area contributed by atoms with Crippen LogP contribution in [0.1, 0.15) is 18.4 Å². The van der Waals surface area contributed by atoms with Gasteiger partial charge in [-0.05, 0) is 31.0 Å². The first-order valence-electron chi connectivity index (χ1n) is 5.28. The van der Waals surface area contributed by atoms with Gasteiger partial charge in [-0.1, -0.05) is 17.7 Å². The number of sulfonamides is 1. The number of nitrogens with one attached hydrogen (secondary N) is 1. The van der Waals surface area contributed by atoms with Gasteiger partial charge in [-0.2, -0.15) is 0 Å². The molecule has 0 aliphatic rings. The molecular weight excluding hydrogens is 278 g/mol. The summed E-state index contributed by atoms with van der Waals surface area (Å²) in [6.07, 6.45) is -0.114. The van der Waals surface area contributed by atoms with Gasteiger partial charge in [0.2, 0.25) is 10.0 Å². The van der Waals surface area contributed by atoms with E-state index in [1.807, 2.05) is 6.92 Å². The molecule has 5 nitrogen and oxygen atoms in total. The zero-order chi connectivity index (χ0) is 13.8. The first kappa shape index (κ1) is 14.8. The van der Waals surface area contributed by atoms with E-state index in [2.05, 4.69) is 4.72 Å². The minimum absolute atomic E-state index is 0.0636. The number of aryl methyl sites for hydroxylation is 1. The van der Waals surface area contributed by atoms with Crippen molar-refractivity contribution in [2.24, 2.45) is 0 Å². The van der Waals surface area contributed by atoms with E-state index < -0.39 is 16.0 Å². The first-order chi connectivity index (χ1) is 8.30. The summed E-state index contributed by atoms with van der Waals surface area (Å²) >= 11 is 5.90. The van der Waals surface area contributed by atoms with Crippen molar-refractivity contribution in [2.45, 2.75) is 19.8 Å². The zero-order valence-electron chi connectivity index (χ0n) is 9.81.